The van der Waals surface area contributed by atoms with Gasteiger partial charge in [0, 0.05) is 29.1 Å². The summed E-state index contributed by atoms with van der Waals surface area (Å²) in [6, 6.07) is 6.87. The highest BCUT2D eigenvalue weighted by Gasteiger charge is 2.34. The van der Waals surface area contributed by atoms with Crippen molar-refractivity contribution in [2.24, 2.45) is 7.05 Å². The van der Waals surface area contributed by atoms with E-state index in [0.29, 0.717) is 34.9 Å². The van der Waals surface area contributed by atoms with E-state index in [9.17, 15) is 14.7 Å². The van der Waals surface area contributed by atoms with Gasteiger partial charge in [-0.3, -0.25) is 4.79 Å². The van der Waals surface area contributed by atoms with Crippen molar-refractivity contribution in [3.8, 4) is 28.0 Å². The van der Waals surface area contributed by atoms with Crippen LogP contribution in [0.2, 0.25) is 0 Å². The molecular formula is C32H34FNO6. The topological polar surface area (TPSA) is 90.9 Å². The van der Waals surface area contributed by atoms with Gasteiger partial charge in [-0.2, -0.15) is 0 Å². The molecule has 0 spiro atoms. The quantitative estimate of drug-likeness (QED) is 0.296. The van der Waals surface area contributed by atoms with Crippen LogP contribution in [0.5, 0.6) is 5.75 Å². The lowest BCUT2D eigenvalue weighted by Crippen LogP contribution is -2.33. The summed E-state index contributed by atoms with van der Waals surface area (Å²) in [5.74, 6) is -0.806. The van der Waals surface area contributed by atoms with E-state index >= 15 is 4.39 Å². The van der Waals surface area contributed by atoms with Crippen LogP contribution in [0.4, 0.5) is 4.39 Å². The molecule has 0 amide bonds. The molecule has 1 aliphatic rings. The molecule has 0 saturated heterocycles. The first kappa shape index (κ1) is 27.6. The Morgan fingerprint density at radius 1 is 1.12 bits per heavy atom. The van der Waals surface area contributed by atoms with Gasteiger partial charge in [-0.15, -0.1) is 0 Å². The Labute approximate surface area is 232 Å². The molecule has 1 atom stereocenters. The van der Waals surface area contributed by atoms with E-state index in [0.717, 1.165) is 40.0 Å². The van der Waals surface area contributed by atoms with Crippen LogP contribution < -0.4 is 10.3 Å². The van der Waals surface area contributed by atoms with Gasteiger partial charge in [-0.25, -0.2) is 9.18 Å². The predicted molar refractivity (Wildman–Crippen MR) is 152 cm³/mol. The number of carboxylic acids is 1. The lowest BCUT2D eigenvalue weighted by atomic mass is 9.87. The number of benzene rings is 2. The highest BCUT2D eigenvalue weighted by atomic mass is 19.1. The summed E-state index contributed by atoms with van der Waals surface area (Å²) in [4.78, 5) is 26.6. The number of rotatable bonds is 5. The van der Waals surface area contributed by atoms with Crippen LogP contribution in [0, 0.1) is 26.6 Å². The largest absolute Gasteiger partial charge is 0.490 e. The Morgan fingerprint density at radius 3 is 2.48 bits per heavy atom. The molecule has 3 heterocycles. The average molecular weight is 548 g/mol. The molecule has 0 bridgehead atoms. The predicted octanol–water partition coefficient (Wildman–Crippen LogP) is 6.80. The minimum Gasteiger partial charge on any atom is -0.490 e. The number of aromatic nitrogens is 1. The second kappa shape index (κ2) is 9.93. The lowest BCUT2D eigenvalue weighted by molar-refractivity contribution is -0.161. The van der Waals surface area contributed by atoms with Crippen molar-refractivity contribution in [1.82, 2.24) is 4.57 Å². The molecule has 8 heteroatoms. The van der Waals surface area contributed by atoms with Gasteiger partial charge in [0.05, 0.1) is 24.2 Å². The van der Waals surface area contributed by atoms with Crippen LogP contribution in [0.25, 0.3) is 33.0 Å². The van der Waals surface area contributed by atoms with Gasteiger partial charge in [0.1, 0.15) is 5.76 Å². The average Bonchev–Trinajstić information content (AvgIpc) is 3.24. The Hall–Kier alpha value is -3.91. The highest BCUT2D eigenvalue weighted by molar-refractivity contribution is 6.01. The summed E-state index contributed by atoms with van der Waals surface area (Å²) < 4.78 is 34.1. The maximum Gasteiger partial charge on any atom is 0.339 e. The molecule has 40 heavy (non-hydrogen) atoms. The van der Waals surface area contributed by atoms with Crippen molar-refractivity contribution in [1.29, 1.82) is 0 Å². The van der Waals surface area contributed by atoms with Crippen LogP contribution in [0.1, 0.15) is 61.4 Å². The van der Waals surface area contributed by atoms with Gasteiger partial charge in [0.15, 0.2) is 17.7 Å². The van der Waals surface area contributed by atoms with E-state index in [2.05, 4.69) is 0 Å². The number of hydrogen-bond donors (Lipinski definition) is 1. The zero-order valence-corrected chi connectivity index (χ0v) is 23.9. The van der Waals surface area contributed by atoms with E-state index < -0.39 is 23.5 Å². The number of ether oxygens (including phenoxy) is 2. The Kier molecular flexibility index (Phi) is 6.86. The lowest BCUT2D eigenvalue weighted by Gasteiger charge is -2.29. The van der Waals surface area contributed by atoms with Crippen molar-refractivity contribution in [2.45, 2.75) is 66.1 Å². The first-order valence-corrected chi connectivity index (χ1v) is 13.4. The van der Waals surface area contributed by atoms with Crippen LogP contribution >= 0.6 is 0 Å². The van der Waals surface area contributed by atoms with Crippen molar-refractivity contribution in [3.63, 3.8) is 0 Å². The minimum absolute atomic E-state index is 0.155. The molecule has 7 nitrogen and oxygen atoms in total. The maximum absolute atomic E-state index is 15.5. The first-order valence-electron chi connectivity index (χ1n) is 13.4. The van der Waals surface area contributed by atoms with E-state index in [4.69, 9.17) is 13.9 Å². The van der Waals surface area contributed by atoms with E-state index in [1.807, 2.05) is 26.8 Å². The molecule has 0 radical (unpaired) electrons. The zero-order valence-electron chi connectivity index (χ0n) is 23.9. The molecule has 0 fully saturated rings. The van der Waals surface area contributed by atoms with Crippen LogP contribution in [-0.4, -0.2) is 27.9 Å². The smallest absolute Gasteiger partial charge is 0.339 e. The maximum atomic E-state index is 15.5. The molecule has 0 unspecified atom stereocenters. The number of aliphatic carboxylic acids is 1. The Bertz CT molecular complexity index is 1700. The molecule has 2 aromatic carbocycles. The molecule has 1 N–H and O–H groups in total. The minimum atomic E-state index is -1.48. The molecule has 0 aliphatic carbocycles. The van der Waals surface area contributed by atoms with Crippen molar-refractivity contribution < 1.29 is 28.2 Å². The van der Waals surface area contributed by atoms with Crippen LogP contribution in [0.15, 0.2) is 39.7 Å². The number of pyridine rings is 1. The summed E-state index contributed by atoms with van der Waals surface area (Å²) in [7, 11) is 1.54. The fraction of sp³-hybridized carbons (Fsp3) is 0.375. The number of carbonyl (C=O) groups is 1. The standard InChI is InChI=1S/C32H34FNO6/c1-16-15-39-18(3)25(16)19-10-11-21-23(13-19)30(35)34(7)27(29(31(36)37)40-32(4,5)6)26(21)22-14-24(33)28-20(17(22)2)9-8-12-38-28/h10-11,13-15,29H,8-9,12H2,1-7H3,(H,36,37)/t29-/m0/s1. The summed E-state index contributed by atoms with van der Waals surface area (Å²) >= 11 is 0. The van der Waals surface area contributed by atoms with Crippen molar-refractivity contribution >= 4 is 16.7 Å². The summed E-state index contributed by atoms with van der Waals surface area (Å²) in [6.45, 7) is 11.4. The Morgan fingerprint density at radius 2 is 1.85 bits per heavy atom. The number of carboxylic acid groups (broad SMARTS) is 1. The Balaban J connectivity index is 1.92. The van der Waals surface area contributed by atoms with Crippen LogP contribution in [-0.2, 0) is 23.0 Å². The van der Waals surface area contributed by atoms with Gasteiger partial charge in [-0.05, 0) is 94.2 Å². The van der Waals surface area contributed by atoms with Gasteiger partial charge in [0.2, 0.25) is 0 Å². The van der Waals surface area contributed by atoms with E-state index in [1.165, 1.54) is 17.7 Å². The molecule has 4 aromatic rings. The third-order valence-electron chi connectivity index (χ3n) is 7.54. The normalized spacial score (nSPS) is 14.2. The number of halogens is 1. The second-order valence-electron chi connectivity index (χ2n) is 11.5. The summed E-state index contributed by atoms with van der Waals surface area (Å²) in [5, 5.41) is 11.2. The van der Waals surface area contributed by atoms with E-state index in [-0.39, 0.29) is 17.0 Å². The molecule has 2 aromatic heterocycles. The van der Waals surface area contributed by atoms with Gasteiger partial charge in [-0.1, -0.05) is 12.1 Å². The molecule has 1 aliphatic heterocycles. The molecule has 5 rings (SSSR count). The molecule has 210 valence electrons. The number of fused-ring (bicyclic) bond motifs is 2. The molecular weight excluding hydrogens is 513 g/mol. The SMILES string of the molecule is Cc1coc(C)c1-c1ccc2c(-c3cc(F)c4c(c3C)CCCO4)c([C@H](OC(C)(C)C)C(=O)O)n(C)c(=O)c2c1. The molecule has 0 saturated carbocycles. The highest BCUT2D eigenvalue weighted by Crippen LogP contribution is 2.43. The van der Waals surface area contributed by atoms with Gasteiger partial charge < -0.3 is 23.6 Å². The fourth-order valence-corrected chi connectivity index (χ4v) is 5.78. The van der Waals surface area contributed by atoms with Gasteiger partial charge >= 0.3 is 5.97 Å². The van der Waals surface area contributed by atoms with Crippen LogP contribution in [0.3, 0.4) is 0 Å². The summed E-state index contributed by atoms with van der Waals surface area (Å²) in [5.41, 5.74) is 4.05. The van der Waals surface area contributed by atoms with Gasteiger partial charge in [0.25, 0.3) is 5.56 Å². The first-order chi connectivity index (χ1) is 18.8. The van der Waals surface area contributed by atoms with Crippen molar-refractivity contribution in [3.05, 3.63) is 74.8 Å². The fourth-order valence-electron chi connectivity index (χ4n) is 5.78. The zero-order chi connectivity index (χ0) is 29.1. The number of aryl methyl sites for hydroxylation is 2. The number of hydrogen-bond acceptors (Lipinski definition) is 5. The summed E-state index contributed by atoms with van der Waals surface area (Å²) in [6.07, 6.45) is 1.57. The number of nitrogens with zero attached hydrogens (tertiary/aromatic N) is 1. The third-order valence-corrected chi connectivity index (χ3v) is 7.54. The second-order valence-corrected chi connectivity index (χ2v) is 11.5. The van der Waals surface area contributed by atoms with E-state index in [1.54, 1.807) is 39.2 Å². The monoisotopic (exact) mass is 547 g/mol. The number of furan rings is 1. The third kappa shape index (κ3) is 4.60. The van der Waals surface area contributed by atoms with Crippen molar-refractivity contribution in [2.75, 3.05) is 6.61 Å².